The second-order valence-corrected chi connectivity index (χ2v) is 7.14. The number of nitrogens with zero attached hydrogens (tertiary/aromatic N) is 6. The molecule has 0 saturated carbocycles. The Morgan fingerprint density at radius 1 is 1.24 bits per heavy atom. The van der Waals surface area contributed by atoms with E-state index in [1.165, 1.54) is 5.56 Å². The first kappa shape index (κ1) is 16.2. The Balaban J connectivity index is 1.52. The van der Waals surface area contributed by atoms with E-state index in [0.29, 0.717) is 12.0 Å². The zero-order valence-electron chi connectivity index (χ0n) is 14.7. The predicted octanol–water partition coefficient (Wildman–Crippen LogP) is 1.71. The normalized spacial score (nSPS) is 21.6. The Morgan fingerprint density at radius 3 is 2.88 bits per heavy atom. The van der Waals surface area contributed by atoms with Crippen molar-refractivity contribution in [1.29, 1.82) is 0 Å². The molecular weight excluding hydrogens is 316 g/mol. The van der Waals surface area contributed by atoms with Gasteiger partial charge in [0.2, 0.25) is 0 Å². The molecule has 1 N–H and O–H groups in total. The SMILES string of the molecule is CC(C)n1cc([C@@H]2CN(Cc3cnc4cnccn34)C[C@H]2CO)cn1. The molecule has 0 bridgehead atoms. The van der Waals surface area contributed by atoms with Crippen molar-refractivity contribution in [3.8, 4) is 0 Å². The van der Waals surface area contributed by atoms with E-state index >= 15 is 0 Å². The third-order valence-electron chi connectivity index (χ3n) is 5.11. The lowest BCUT2D eigenvalue weighted by Gasteiger charge is -2.15. The van der Waals surface area contributed by atoms with Gasteiger partial charge in [0.25, 0.3) is 0 Å². The molecule has 1 aliphatic heterocycles. The summed E-state index contributed by atoms with van der Waals surface area (Å²) in [5, 5.41) is 14.3. The van der Waals surface area contributed by atoms with Crippen LogP contribution < -0.4 is 0 Å². The van der Waals surface area contributed by atoms with Crippen molar-refractivity contribution in [2.75, 3.05) is 19.7 Å². The molecule has 0 spiro atoms. The van der Waals surface area contributed by atoms with Crippen molar-refractivity contribution in [3.63, 3.8) is 0 Å². The van der Waals surface area contributed by atoms with Crippen LogP contribution in [0.4, 0.5) is 0 Å². The lowest BCUT2D eigenvalue weighted by molar-refractivity contribution is 0.213. The van der Waals surface area contributed by atoms with E-state index in [1.54, 1.807) is 12.4 Å². The maximum atomic E-state index is 9.85. The topological polar surface area (TPSA) is 71.5 Å². The second-order valence-electron chi connectivity index (χ2n) is 7.14. The molecule has 0 aromatic carbocycles. The molecule has 4 heterocycles. The smallest absolute Gasteiger partial charge is 0.155 e. The van der Waals surface area contributed by atoms with Gasteiger partial charge >= 0.3 is 0 Å². The fourth-order valence-corrected chi connectivity index (χ4v) is 3.72. The first-order chi connectivity index (χ1) is 12.2. The fraction of sp³-hybridized carbons (Fsp3) is 0.500. The summed E-state index contributed by atoms with van der Waals surface area (Å²) in [6.07, 6.45) is 11.5. The number of aromatic nitrogens is 5. The summed E-state index contributed by atoms with van der Waals surface area (Å²) in [7, 11) is 0. The molecule has 0 amide bonds. The summed E-state index contributed by atoms with van der Waals surface area (Å²) in [4.78, 5) is 10.9. The highest BCUT2D eigenvalue weighted by Gasteiger charge is 2.34. The van der Waals surface area contributed by atoms with Gasteiger partial charge in [-0.3, -0.25) is 19.0 Å². The van der Waals surface area contributed by atoms with Gasteiger partial charge in [0, 0.05) is 62.7 Å². The van der Waals surface area contributed by atoms with Gasteiger partial charge in [0.05, 0.1) is 24.3 Å². The molecule has 0 unspecified atom stereocenters. The summed E-state index contributed by atoms with van der Waals surface area (Å²) in [6, 6.07) is 0.352. The average molecular weight is 340 g/mol. The van der Waals surface area contributed by atoms with Crippen LogP contribution in [0.3, 0.4) is 0 Å². The number of fused-ring (bicyclic) bond motifs is 1. The van der Waals surface area contributed by atoms with Gasteiger partial charge in [-0.25, -0.2) is 4.98 Å². The van der Waals surface area contributed by atoms with Crippen molar-refractivity contribution in [2.24, 2.45) is 5.92 Å². The number of hydrogen-bond acceptors (Lipinski definition) is 5. The Hall–Kier alpha value is -2.25. The van der Waals surface area contributed by atoms with E-state index in [4.69, 9.17) is 0 Å². The van der Waals surface area contributed by atoms with Gasteiger partial charge in [0.1, 0.15) is 0 Å². The van der Waals surface area contributed by atoms with Crippen LogP contribution >= 0.6 is 0 Å². The predicted molar refractivity (Wildman–Crippen MR) is 94.2 cm³/mol. The van der Waals surface area contributed by atoms with Crippen LogP contribution in [0.5, 0.6) is 0 Å². The highest BCUT2D eigenvalue weighted by atomic mass is 16.3. The summed E-state index contributed by atoms with van der Waals surface area (Å²) in [5.41, 5.74) is 3.23. The van der Waals surface area contributed by atoms with Crippen molar-refractivity contribution in [3.05, 3.63) is 48.4 Å². The highest BCUT2D eigenvalue weighted by Crippen LogP contribution is 2.33. The van der Waals surface area contributed by atoms with Gasteiger partial charge in [-0.15, -0.1) is 0 Å². The number of hydrogen-bond donors (Lipinski definition) is 1. The van der Waals surface area contributed by atoms with Gasteiger partial charge in [0.15, 0.2) is 5.65 Å². The molecule has 1 aliphatic rings. The van der Waals surface area contributed by atoms with E-state index in [2.05, 4.69) is 44.4 Å². The maximum absolute atomic E-state index is 9.85. The minimum atomic E-state index is 0.200. The summed E-state index contributed by atoms with van der Waals surface area (Å²) < 4.78 is 4.06. The van der Waals surface area contributed by atoms with Gasteiger partial charge < -0.3 is 5.11 Å². The van der Waals surface area contributed by atoms with Crippen LogP contribution in [-0.4, -0.2) is 53.9 Å². The molecule has 2 atom stereocenters. The number of likely N-dealkylation sites (tertiary alicyclic amines) is 1. The van der Waals surface area contributed by atoms with E-state index in [-0.39, 0.29) is 12.5 Å². The Kier molecular flexibility index (Phi) is 4.27. The van der Waals surface area contributed by atoms with Crippen molar-refractivity contribution in [2.45, 2.75) is 32.4 Å². The molecular formula is C18H24N6O. The van der Waals surface area contributed by atoms with Gasteiger partial charge in [-0.1, -0.05) is 0 Å². The first-order valence-electron chi connectivity index (χ1n) is 8.79. The average Bonchev–Trinajstić information content (AvgIpc) is 3.33. The van der Waals surface area contributed by atoms with Crippen LogP contribution in [-0.2, 0) is 6.54 Å². The highest BCUT2D eigenvalue weighted by molar-refractivity contribution is 5.36. The zero-order valence-corrected chi connectivity index (χ0v) is 14.7. The Morgan fingerprint density at radius 2 is 2.12 bits per heavy atom. The molecule has 132 valence electrons. The summed E-state index contributed by atoms with van der Waals surface area (Å²) in [6.45, 7) is 7.07. The quantitative estimate of drug-likeness (QED) is 0.766. The van der Waals surface area contributed by atoms with Crippen LogP contribution in [0.2, 0.25) is 0 Å². The van der Waals surface area contributed by atoms with E-state index in [9.17, 15) is 5.11 Å². The molecule has 0 aliphatic carbocycles. The minimum Gasteiger partial charge on any atom is -0.396 e. The number of rotatable bonds is 5. The molecule has 0 radical (unpaired) electrons. The number of aliphatic hydroxyl groups excluding tert-OH is 1. The van der Waals surface area contributed by atoms with Crippen LogP contribution in [0, 0.1) is 5.92 Å². The second kappa shape index (κ2) is 6.57. The lowest BCUT2D eigenvalue weighted by atomic mass is 9.92. The van der Waals surface area contributed by atoms with Crippen molar-refractivity contribution >= 4 is 5.65 Å². The van der Waals surface area contributed by atoms with Crippen LogP contribution in [0.15, 0.2) is 37.2 Å². The monoisotopic (exact) mass is 340 g/mol. The minimum absolute atomic E-state index is 0.200. The van der Waals surface area contributed by atoms with Gasteiger partial charge in [-0.2, -0.15) is 5.10 Å². The number of imidazole rings is 1. The molecule has 7 nitrogen and oxygen atoms in total. The zero-order chi connectivity index (χ0) is 17.4. The van der Waals surface area contributed by atoms with Crippen molar-refractivity contribution < 1.29 is 5.11 Å². The lowest BCUT2D eigenvalue weighted by Crippen LogP contribution is -2.21. The van der Waals surface area contributed by atoms with Crippen LogP contribution in [0.1, 0.15) is 37.1 Å². The molecule has 25 heavy (non-hydrogen) atoms. The van der Waals surface area contributed by atoms with E-state index in [1.807, 2.05) is 23.3 Å². The summed E-state index contributed by atoms with van der Waals surface area (Å²) in [5.74, 6) is 0.559. The molecule has 3 aromatic rings. The molecule has 4 rings (SSSR count). The fourth-order valence-electron chi connectivity index (χ4n) is 3.72. The molecule has 1 saturated heterocycles. The molecule has 7 heteroatoms. The number of aliphatic hydroxyl groups is 1. The molecule has 3 aromatic heterocycles. The largest absolute Gasteiger partial charge is 0.396 e. The standard InChI is InChI=1S/C18H24N6O/c1-13(2)24-9-14(5-21-24)17-11-22(8-15(17)12-25)10-16-6-20-18-7-19-3-4-23(16)18/h3-7,9,13,15,17,25H,8,10-12H2,1-2H3/t15-,17-/m0/s1. The third kappa shape index (κ3) is 3.05. The molecule has 1 fully saturated rings. The van der Waals surface area contributed by atoms with E-state index in [0.717, 1.165) is 31.0 Å². The van der Waals surface area contributed by atoms with Gasteiger partial charge in [-0.05, 0) is 19.4 Å². The maximum Gasteiger partial charge on any atom is 0.155 e. The Bertz CT molecular complexity index is 854. The first-order valence-corrected chi connectivity index (χ1v) is 8.79. The van der Waals surface area contributed by atoms with Crippen molar-refractivity contribution in [1.82, 2.24) is 29.0 Å². The van der Waals surface area contributed by atoms with E-state index < -0.39 is 0 Å². The van der Waals surface area contributed by atoms with Crippen LogP contribution in [0.25, 0.3) is 5.65 Å². The third-order valence-corrected chi connectivity index (χ3v) is 5.11. The summed E-state index contributed by atoms with van der Waals surface area (Å²) >= 11 is 0. The Labute approximate surface area is 146 Å².